The summed E-state index contributed by atoms with van der Waals surface area (Å²) in [5, 5.41) is 13.6. The molecule has 0 saturated heterocycles. The summed E-state index contributed by atoms with van der Waals surface area (Å²) in [6.07, 6.45) is 0.542. The average Bonchev–Trinajstić information content (AvgIpc) is 3.08. The van der Waals surface area contributed by atoms with Crippen LogP contribution >= 0.6 is 0 Å². The van der Waals surface area contributed by atoms with Crippen LogP contribution in [0, 0.1) is 11.8 Å². The van der Waals surface area contributed by atoms with Crippen molar-refractivity contribution < 1.29 is 24.2 Å². The monoisotopic (exact) mass is 420 g/mol. The fourth-order valence-electron chi connectivity index (χ4n) is 3.54. The first-order valence-electron chi connectivity index (χ1n) is 10.1. The number of alkyl carbamates (subject to hydrolysis) is 1. The first-order valence-corrected chi connectivity index (χ1v) is 10.1. The summed E-state index contributed by atoms with van der Waals surface area (Å²) >= 11 is 0. The van der Waals surface area contributed by atoms with E-state index in [0.29, 0.717) is 19.4 Å². The van der Waals surface area contributed by atoms with Gasteiger partial charge in [0.2, 0.25) is 0 Å². The number of carboxylic acids is 1. The molecule has 2 aromatic rings. The third-order valence-electron chi connectivity index (χ3n) is 4.97. The number of amides is 2. The second-order valence-electron chi connectivity index (χ2n) is 7.09. The standard InChI is InChI=1S/C24H24N2O5/c27-22(25-14-6-5-13-23(28)29)12-7-15-26-24(30)31-16-21-19-10-3-1-8-17(19)18-9-2-4-11-20(18)21/h1-4,8-11,21H,5-6,13-16H2,(H,25,27)(H,26,30)(H,28,29). The molecule has 0 unspecified atom stereocenters. The van der Waals surface area contributed by atoms with Crippen LogP contribution in [0.25, 0.3) is 11.1 Å². The van der Waals surface area contributed by atoms with Crippen LogP contribution in [-0.2, 0) is 14.3 Å². The quantitative estimate of drug-likeness (QED) is 0.450. The predicted octanol–water partition coefficient (Wildman–Crippen LogP) is 2.90. The molecule has 0 saturated carbocycles. The summed E-state index contributed by atoms with van der Waals surface area (Å²) in [4.78, 5) is 34.0. The van der Waals surface area contributed by atoms with Crippen LogP contribution < -0.4 is 10.6 Å². The van der Waals surface area contributed by atoms with E-state index in [1.165, 1.54) is 0 Å². The Morgan fingerprint density at radius 2 is 1.58 bits per heavy atom. The van der Waals surface area contributed by atoms with Gasteiger partial charge in [0, 0.05) is 18.9 Å². The normalized spacial score (nSPS) is 11.5. The maximum atomic E-state index is 12.0. The third kappa shape index (κ3) is 6.09. The molecule has 0 bridgehead atoms. The molecule has 1 aliphatic rings. The largest absolute Gasteiger partial charge is 0.481 e. The van der Waals surface area contributed by atoms with Crippen LogP contribution in [0.1, 0.15) is 36.3 Å². The van der Waals surface area contributed by atoms with Gasteiger partial charge in [-0.2, -0.15) is 0 Å². The topological polar surface area (TPSA) is 105 Å². The molecule has 0 aliphatic heterocycles. The van der Waals surface area contributed by atoms with E-state index < -0.39 is 18.0 Å². The Bertz CT molecular complexity index is 976. The molecule has 0 heterocycles. The van der Waals surface area contributed by atoms with Gasteiger partial charge in [-0.05, 0) is 41.0 Å². The van der Waals surface area contributed by atoms with Gasteiger partial charge < -0.3 is 20.5 Å². The highest BCUT2D eigenvalue weighted by Crippen LogP contribution is 2.44. The predicted molar refractivity (Wildman–Crippen MR) is 115 cm³/mol. The number of unbranched alkanes of at least 4 members (excludes halogenated alkanes) is 1. The lowest BCUT2D eigenvalue weighted by molar-refractivity contribution is -0.137. The van der Waals surface area contributed by atoms with Gasteiger partial charge >= 0.3 is 12.1 Å². The van der Waals surface area contributed by atoms with Gasteiger partial charge in [-0.15, -0.1) is 0 Å². The third-order valence-corrected chi connectivity index (χ3v) is 4.97. The number of hydrogen-bond acceptors (Lipinski definition) is 4. The van der Waals surface area contributed by atoms with Gasteiger partial charge in [-0.25, -0.2) is 4.79 Å². The highest BCUT2D eigenvalue weighted by molar-refractivity contribution is 5.93. The van der Waals surface area contributed by atoms with Crippen molar-refractivity contribution in [3.63, 3.8) is 0 Å². The first-order chi connectivity index (χ1) is 15.1. The van der Waals surface area contributed by atoms with Crippen molar-refractivity contribution in [3.8, 4) is 23.0 Å². The van der Waals surface area contributed by atoms with Gasteiger partial charge in [-0.3, -0.25) is 9.59 Å². The van der Waals surface area contributed by atoms with E-state index in [2.05, 4.69) is 34.6 Å². The Hall–Kier alpha value is -3.79. The number of ether oxygens (including phenoxy) is 1. The molecule has 3 rings (SSSR count). The Morgan fingerprint density at radius 1 is 0.935 bits per heavy atom. The molecule has 0 spiro atoms. The summed E-state index contributed by atoms with van der Waals surface area (Å²) in [5.41, 5.74) is 4.59. The fraction of sp³-hybridized carbons (Fsp3) is 0.292. The molecule has 31 heavy (non-hydrogen) atoms. The number of hydrogen-bond donors (Lipinski definition) is 3. The van der Waals surface area contributed by atoms with Gasteiger partial charge in [0.25, 0.3) is 5.91 Å². The maximum Gasteiger partial charge on any atom is 0.407 e. The summed E-state index contributed by atoms with van der Waals surface area (Å²) in [6.45, 7) is 0.563. The van der Waals surface area contributed by atoms with Crippen LogP contribution in [0.15, 0.2) is 48.5 Å². The number of carbonyl (C=O) groups is 3. The van der Waals surface area contributed by atoms with Gasteiger partial charge in [0.1, 0.15) is 6.61 Å². The summed E-state index contributed by atoms with van der Waals surface area (Å²) < 4.78 is 5.39. The van der Waals surface area contributed by atoms with E-state index in [9.17, 15) is 14.4 Å². The second kappa shape index (κ2) is 10.8. The number of benzene rings is 2. The number of aliphatic carboxylic acids is 1. The molecule has 160 valence electrons. The number of rotatable bonds is 8. The highest BCUT2D eigenvalue weighted by Gasteiger charge is 2.28. The molecule has 1 aliphatic carbocycles. The average molecular weight is 420 g/mol. The fourth-order valence-corrected chi connectivity index (χ4v) is 3.54. The molecule has 0 fully saturated rings. The van der Waals surface area contributed by atoms with Crippen LogP contribution in [0.5, 0.6) is 0 Å². The number of fused-ring (bicyclic) bond motifs is 3. The molecular formula is C24H24N2O5. The zero-order chi connectivity index (χ0) is 22.1. The second-order valence-corrected chi connectivity index (χ2v) is 7.09. The van der Waals surface area contributed by atoms with Crippen molar-refractivity contribution in [1.29, 1.82) is 0 Å². The highest BCUT2D eigenvalue weighted by atomic mass is 16.5. The molecule has 2 aromatic carbocycles. The molecule has 7 heteroatoms. The van der Waals surface area contributed by atoms with E-state index in [-0.39, 0.29) is 25.5 Å². The number of nitrogens with one attached hydrogen (secondary N) is 2. The van der Waals surface area contributed by atoms with Crippen molar-refractivity contribution in [1.82, 2.24) is 10.6 Å². The van der Waals surface area contributed by atoms with Crippen molar-refractivity contribution in [3.05, 3.63) is 59.7 Å². The zero-order valence-corrected chi connectivity index (χ0v) is 17.0. The minimum absolute atomic E-state index is 0.0108. The summed E-state index contributed by atoms with van der Waals surface area (Å²) in [6, 6.07) is 16.2. The van der Waals surface area contributed by atoms with Crippen molar-refractivity contribution in [2.45, 2.75) is 25.2 Å². The van der Waals surface area contributed by atoms with Crippen LogP contribution in [0.2, 0.25) is 0 Å². The minimum Gasteiger partial charge on any atom is -0.481 e. The first kappa shape index (κ1) is 21.9. The number of carboxylic acid groups (broad SMARTS) is 1. The molecule has 0 aromatic heterocycles. The Morgan fingerprint density at radius 3 is 2.23 bits per heavy atom. The van der Waals surface area contributed by atoms with Crippen molar-refractivity contribution >= 4 is 18.0 Å². The van der Waals surface area contributed by atoms with Crippen molar-refractivity contribution in [2.24, 2.45) is 0 Å². The molecule has 2 amide bonds. The van der Waals surface area contributed by atoms with Gasteiger partial charge in [-0.1, -0.05) is 54.5 Å². The molecular weight excluding hydrogens is 396 g/mol. The number of carbonyl (C=O) groups excluding carboxylic acids is 2. The van der Waals surface area contributed by atoms with E-state index in [1.54, 1.807) is 0 Å². The van der Waals surface area contributed by atoms with Gasteiger partial charge in [0.15, 0.2) is 0 Å². The molecule has 0 atom stereocenters. The Balaban J connectivity index is 1.40. The lowest BCUT2D eigenvalue weighted by Crippen LogP contribution is -2.27. The summed E-state index contributed by atoms with van der Waals surface area (Å²) in [7, 11) is 0. The molecule has 0 radical (unpaired) electrons. The lowest BCUT2D eigenvalue weighted by atomic mass is 9.98. The van der Waals surface area contributed by atoms with Crippen molar-refractivity contribution in [2.75, 3.05) is 19.7 Å². The maximum absolute atomic E-state index is 12.0. The van der Waals surface area contributed by atoms with E-state index in [1.807, 2.05) is 36.4 Å². The Kier molecular flexibility index (Phi) is 7.66. The Labute approximate surface area is 180 Å². The van der Waals surface area contributed by atoms with Crippen LogP contribution in [-0.4, -0.2) is 42.8 Å². The summed E-state index contributed by atoms with van der Waals surface area (Å²) in [5.74, 6) is 3.60. The van der Waals surface area contributed by atoms with E-state index in [0.717, 1.165) is 22.3 Å². The van der Waals surface area contributed by atoms with E-state index >= 15 is 0 Å². The van der Waals surface area contributed by atoms with Gasteiger partial charge in [0.05, 0.1) is 6.54 Å². The van der Waals surface area contributed by atoms with Crippen LogP contribution in [0.3, 0.4) is 0 Å². The molecule has 3 N–H and O–H groups in total. The minimum atomic E-state index is -0.856. The SMILES string of the molecule is O=C(O)CCCCNC(=O)C#CCNC(=O)OCC1c2ccccc2-c2ccccc21. The van der Waals surface area contributed by atoms with E-state index in [4.69, 9.17) is 9.84 Å². The lowest BCUT2D eigenvalue weighted by Gasteiger charge is -2.14. The molecule has 7 nitrogen and oxygen atoms in total. The smallest absolute Gasteiger partial charge is 0.407 e. The van der Waals surface area contributed by atoms with Crippen LogP contribution in [0.4, 0.5) is 4.79 Å². The zero-order valence-electron chi connectivity index (χ0n) is 17.0.